The zero-order valence-corrected chi connectivity index (χ0v) is 14.8. The maximum Gasteiger partial charge on any atom is 0.127 e. The van der Waals surface area contributed by atoms with Crippen LogP contribution in [0.1, 0.15) is 18.4 Å². The van der Waals surface area contributed by atoms with E-state index in [2.05, 4.69) is 5.32 Å². The normalized spacial score (nSPS) is 12.6. The van der Waals surface area contributed by atoms with Crippen LogP contribution in [0.25, 0.3) is 5.70 Å². The first kappa shape index (κ1) is 16.7. The minimum absolute atomic E-state index is 0.278. The van der Waals surface area contributed by atoms with Gasteiger partial charge in [-0.2, -0.15) is 0 Å². The first-order valence-electron chi connectivity index (χ1n) is 8.46. The third-order valence-corrected chi connectivity index (χ3v) is 4.41. The molecule has 0 heterocycles. The molecule has 0 atom stereocenters. The number of allylic oxidation sites excluding steroid dienone is 1. The van der Waals surface area contributed by atoms with Gasteiger partial charge in [-0.1, -0.05) is 23.7 Å². The first-order chi connectivity index (χ1) is 12.7. The monoisotopic (exact) mass is 365 g/mol. The number of halogens is 2. The Morgan fingerprint density at radius 2 is 1.38 bits per heavy atom. The second kappa shape index (κ2) is 7.22. The van der Waals surface area contributed by atoms with Gasteiger partial charge in [0.25, 0.3) is 0 Å². The van der Waals surface area contributed by atoms with E-state index >= 15 is 0 Å². The molecule has 4 rings (SSSR count). The van der Waals surface area contributed by atoms with Gasteiger partial charge in [-0.25, -0.2) is 4.39 Å². The highest BCUT2D eigenvalue weighted by molar-refractivity contribution is 6.30. The Labute approximate surface area is 156 Å². The van der Waals surface area contributed by atoms with Gasteiger partial charge in [0.2, 0.25) is 0 Å². The largest absolute Gasteiger partial charge is 0.457 e. The molecule has 1 N–H and O–H groups in total. The van der Waals surface area contributed by atoms with E-state index in [1.165, 1.54) is 17.7 Å². The first-order valence-corrected chi connectivity index (χ1v) is 8.84. The number of hydrogen-bond donors (Lipinski definition) is 1. The number of benzene rings is 3. The lowest BCUT2D eigenvalue weighted by Crippen LogP contribution is -1.99. The number of nitrogens with one attached hydrogen (secondary N) is 1. The number of hydrogen-bond acceptors (Lipinski definition) is 2. The molecule has 2 nitrogen and oxygen atoms in total. The molecule has 0 aliphatic heterocycles. The predicted octanol–water partition coefficient (Wildman–Crippen LogP) is 6.89. The van der Waals surface area contributed by atoms with Crippen LogP contribution in [0, 0.1) is 5.82 Å². The van der Waals surface area contributed by atoms with Crippen molar-refractivity contribution in [1.82, 2.24) is 0 Å². The van der Waals surface area contributed by atoms with Crippen molar-refractivity contribution >= 4 is 23.0 Å². The van der Waals surface area contributed by atoms with Crippen molar-refractivity contribution in [2.24, 2.45) is 0 Å². The molecule has 1 saturated carbocycles. The summed E-state index contributed by atoms with van der Waals surface area (Å²) in [7, 11) is 0. The molecule has 0 unspecified atom stereocenters. The average molecular weight is 366 g/mol. The molecule has 0 saturated heterocycles. The SMILES string of the molecule is Fc1ccc(Oc2ccc(NC(=C3CC3)c3ccc(Cl)cc3)cc2)cc1. The van der Waals surface area contributed by atoms with Gasteiger partial charge in [0.05, 0.1) is 0 Å². The van der Waals surface area contributed by atoms with Gasteiger partial charge < -0.3 is 10.1 Å². The third kappa shape index (κ3) is 4.06. The van der Waals surface area contributed by atoms with Crippen molar-refractivity contribution in [3.63, 3.8) is 0 Å². The smallest absolute Gasteiger partial charge is 0.127 e. The van der Waals surface area contributed by atoms with Gasteiger partial charge >= 0.3 is 0 Å². The van der Waals surface area contributed by atoms with Crippen LogP contribution >= 0.6 is 11.6 Å². The van der Waals surface area contributed by atoms with Crippen molar-refractivity contribution in [2.45, 2.75) is 12.8 Å². The number of rotatable bonds is 5. The van der Waals surface area contributed by atoms with Gasteiger partial charge in [0, 0.05) is 16.4 Å². The van der Waals surface area contributed by atoms with Crippen molar-refractivity contribution in [3.8, 4) is 11.5 Å². The summed E-state index contributed by atoms with van der Waals surface area (Å²) in [5.41, 5.74) is 4.68. The molecule has 1 aliphatic carbocycles. The van der Waals surface area contributed by atoms with E-state index in [0.29, 0.717) is 11.5 Å². The zero-order chi connectivity index (χ0) is 17.9. The molecular formula is C22H17ClFNO. The lowest BCUT2D eigenvalue weighted by atomic mass is 10.1. The van der Waals surface area contributed by atoms with Crippen LogP contribution in [-0.4, -0.2) is 0 Å². The molecule has 4 heteroatoms. The maximum atomic E-state index is 13.0. The van der Waals surface area contributed by atoms with Gasteiger partial charge in [-0.3, -0.25) is 0 Å². The summed E-state index contributed by atoms with van der Waals surface area (Å²) in [4.78, 5) is 0. The van der Waals surface area contributed by atoms with Crippen molar-refractivity contribution in [2.75, 3.05) is 5.32 Å². The minimum atomic E-state index is -0.278. The highest BCUT2D eigenvalue weighted by Gasteiger charge is 2.19. The van der Waals surface area contributed by atoms with Gasteiger partial charge in [0.15, 0.2) is 0 Å². The van der Waals surface area contributed by atoms with Crippen LogP contribution in [0.15, 0.2) is 78.4 Å². The molecule has 1 fully saturated rings. The van der Waals surface area contributed by atoms with E-state index in [-0.39, 0.29) is 5.82 Å². The highest BCUT2D eigenvalue weighted by atomic mass is 35.5. The average Bonchev–Trinajstić information content (AvgIpc) is 3.49. The van der Waals surface area contributed by atoms with Gasteiger partial charge in [0.1, 0.15) is 17.3 Å². The van der Waals surface area contributed by atoms with Crippen molar-refractivity contribution in [3.05, 3.63) is 94.8 Å². The van der Waals surface area contributed by atoms with Crippen molar-refractivity contribution in [1.29, 1.82) is 0 Å². The maximum absolute atomic E-state index is 13.0. The summed E-state index contributed by atoms with van der Waals surface area (Å²) in [5.74, 6) is 1.03. The third-order valence-electron chi connectivity index (χ3n) is 4.16. The van der Waals surface area contributed by atoms with Crippen LogP contribution in [0.4, 0.5) is 10.1 Å². The Bertz CT molecular complexity index is 925. The molecule has 26 heavy (non-hydrogen) atoms. The number of ether oxygens (including phenoxy) is 1. The molecule has 3 aromatic carbocycles. The van der Waals surface area contributed by atoms with E-state index in [9.17, 15) is 4.39 Å². The van der Waals surface area contributed by atoms with Crippen LogP contribution in [-0.2, 0) is 0 Å². The molecule has 0 bridgehead atoms. The molecule has 1 aliphatic rings. The second-order valence-corrected chi connectivity index (χ2v) is 6.63. The molecule has 130 valence electrons. The molecule has 0 radical (unpaired) electrons. The highest BCUT2D eigenvalue weighted by Crippen LogP contribution is 2.37. The van der Waals surface area contributed by atoms with Crippen LogP contribution in [0.3, 0.4) is 0 Å². The number of anilines is 1. The predicted molar refractivity (Wildman–Crippen MR) is 104 cm³/mol. The van der Waals surface area contributed by atoms with Crippen molar-refractivity contribution < 1.29 is 9.13 Å². The van der Waals surface area contributed by atoms with E-state index < -0.39 is 0 Å². The Morgan fingerprint density at radius 1 is 0.808 bits per heavy atom. The second-order valence-electron chi connectivity index (χ2n) is 6.19. The molecule has 0 aromatic heterocycles. The molecule has 0 amide bonds. The summed E-state index contributed by atoms with van der Waals surface area (Å²) < 4.78 is 18.7. The fraction of sp³-hybridized carbons (Fsp3) is 0.0909. The zero-order valence-electron chi connectivity index (χ0n) is 14.0. The molecule has 0 spiro atoms. The lowest BCUT2D eigenvalue weighted by molar-refractivity contribution is 0.480. The summed E-state index contributed by atoms with van der Waals surface area (Å²) in [6, 6.07) is 21.6. The van der Waals surface area contributed by atoms with Crippen LogP contribution < -0.4 is 10.1 Å². The van der Waals surface area contributed by atoms with Crippen LogP contribution in [0.2, 0.25) is 5.02 Å². The Kier molecular flexibility index (Phi) is 4.63. The van der Waals surface area contributed by atoms with E-state index in [4.69, 9.17) is 16.3 Å². The fourth-order valence-electron chi connectivity index (χ4n) is 2.68. The van der Waals surface area contributed by atoms with E-state index in [1.807, 2.05) is 48.5 Å². The Morgan fingerprint density at radius 3 is 1.96 bits per heavy atom. The lowest BCUT2D eigenvalue weighted by Gasteiger charge is -2.13. The van der Waals surface area contributed by atoms with Gasteiger partial charge in [-0.05, 0) is 84.6 Å². The Balaban J connectivity index is 1.49. The Hall–Kier alpha value is -2.78. The molecular weight excluding hydrogens is 349 g/mol. The summed E-state index contributed by atoms with van der Waals surface area (Å²) in [6.07, 6.45) is 2.24. The summed E-state index contributed by atoms with van der Waals surface area (Å²) >= 11 is 5.99. The van der Waals surface area contributed by atoms with E-state index in [1.54, 1.807) is 12.1 Å². The van der Waals surface area contributed by atoms with E-state index in [0.717, 1.165) is 34.8 Å². The van der Waals surface area contributed by atoms with Crippen LogP contribution in [0.5, 0.6) is 11.5 Å². The van der Waals surface area contributed by atoms with Gasteiger partial charge in [-0.15, -0.1) is 0 Å². The standard InChI is InChI=1S/C22H17ClFNO/c23-17-5-3-16(4-6-17)22(15-1-2-15)25-19-9-13-21(14-10-19)26-20-11-7-18(24)8-12-20/h3-14,25H,1-2H2. The quantitative estimate of drug-likeness (QED) is 0.531. The summed E-state index contributed by atoms with van der Waals surface area (Å²) in [6.45, 7) is 0. The molecule has 3 aromatic rings. The summed E-state index contributed by atoms with van der Waals surface area (Å²) in [5, 5.41) is 4.24. The fourth-order valence-corrected chi connectivity index (χ4v) is 2.81. The minimum Gasteiger partial charge on any atom is -0.457 e. The topological polar surface area (TPSA) is 21.3 Å².